The predicted octanol–water partition coefficient (Wildman–Crippen LogP) is -0.643. The summed E-state index contributed by atoms with van der Waals surface area (Å²) in [6.07, 6.45) is 0. The molecule has 1 heterocycles. The van der Waals surface area contributed by atoms with Crippen LogP contribution in [0.25, 0.3) is 0 Å². The van der Waals surface area contributed by atoms with Crippen LogP contribution in [0.1, 0.15) is 0 Å². The smallest absolute Gasteiger partial charge is 0.0101 e. The summed E-state index contributed by atoms with van der Waals surface area (Å²) in [5.41, 5.74) is 0. The molecule has 3 nitrogen and oxygen atoms in total. The van der Waals surface area contributed by atoms with Crippen LogP contribution in [0.2, 0.25) is 0 Å². The second-order valence-corrected chi connectivity index (χ2v) is 3.53. The molecule has 1 aliphatic rings. The van der Waals surface area contributed by atoms with Gasteiger partial charge < -0.3 is 15.5 Å². The maximum atomic E-state index is 3.44. The number of hydrogen-bond acceptors (Lipinski definition) is 3. The highest BCUT2D eigenvalue weighted by Gasteiger charge is 2.14. The molecule has 0 bridgehead atoms. The van der Waals surface area contributed by atoms with Crippen LogP contribution in [0.4, 0.5) is 0 Å². The fraction of sp³-hybridized carbons (Fsp3) is 1.00. The number of hydrogen-bond donors (Lipinski definition) is 2. The number of nitrogens with zero attached hydrogens (tertiary/aromatic N) is 1. The summed E-state index contributed by atoms with van der Waals surface area (Å²) in [5.74, 6) is 0.886. The van der Waals surface area contributed by atoms with E-state index in [4.69, 9.17) is 0 Å². The van der Waals surface area contributed by atoms with Gasteiger partial charge in [0.1, 0.15) is 0 Å². The lowest BCUT2D eigenvalue weighted by Gasteiger charge is -2.27. The second kappa shape index (κ2) is 4.70. The van der Waals surface area contributed by atoms with E-state index >= 15 is 0 Å². The Hall–Kier alpha value is -0.120. The van der Waals surface area contributed by atoms with E-state index in [1.807, 2.05) is 0 Å². The fourth-order valence-electron chi connectivity index (χ4n) is 1.10. The zero-order valence-electron chi connectivity index (χ0n) is 7.56. The summed E-state index contributed by atoms with van der Waals surface area (Å²) in [6.45, 7) is 5.84. The molecule has 0 aromatic heterocycles. The Balaban J connectivity index is 1.80. The topological polar surface area (TPSA) is 27.3 Å². The third-order valence-corrected chi connectivity index (χ3v) is 2.03. The van der Waals surface area contributed by atoms with Gasteiger partial charge in [0.15, 0.2) is 0 Å². The molecule has 66 valence electrons. The Morgan fingerprint density at radius 3 is 2.64 bits per heavy atom. The first kappa shape index (κ1) is 8.97. The van der Waals surface area contributed by atoms with Crippen LogP contribution in [0.3, 0.4) is 0 Å². The van der Waals surface area contributed by atoms with Crippen LogP contribution in [0, 0.1) is 5.92 Å². The predicted molar refractivity (Wildman–Crippen MR) is 47.8 cm³/mol. The van der Waals surface area contributed by atoms with Gasteiger partial charge in [0.05, 0.1) is 0 Å². The maximum Gasteiger partial charge on any atom is 0.0101 e. The van der Waals surface area contributed by atoms with Gasteiger partial charge in [-0.3, -0.25) is 0 Å². The van der Waals surface area contributed by atoms with Crippen molar-refractivity contribution in [3.05, 3.63) is 0 Å². The van der Waals surface area contributed by atoms with Gasteiger partial charge in [-0.15, -0.1) is 0 Å². The summed E-state index contributed by atoms with van der Waals surface area (Å²) in [7, 11) is 4.21. The van der Waals surface area contributed by atoms with Crippen molar-refractivity contribution in [1.82, 2.24) is 15.5 Å². The van der Waals surface area contributed by atoms with E-state index in [2.05, 4.69) is 29.6 Å². The number of nitrogens with one attached hydrogen (secondary N) is 2. The first-order valence-corrected chi connectivity index (χ1v) is 4.35. The van der Waals surface area contributed by atoms with Crippen LogP contribution in [-0.2, 0) is 0 Å². The molecule has 0 amide bonds. The fourth-order valence-corrected chi connectivity index (χ4v) is 1.10. The lowest BCUT2D eigenvalue weighted by molar-refractivity contribution is 0.320. The molecule has 0 saturated carbocycles. The van der Waals surface area contributed by atoms with Gasteiger partial charge >= 0.3 is 0 Å². The zero-order chi connectivity index (χ0) is 8.10. The SMILES string of the molecule is CN(C)CCNCC1CNC1. The van der Waals surface area contributed by atoms with E-state index in [9.17, 15) is 0 Å². The Morgan fingerprint density at radius 1 is 1.45 bits per heavy atom. The van der Waals surface area contributed by atoms with Crippen LogP contribution < -0.4 is 10.6 Å². The van der Waals surface area contributed by atoms with E-state index in [0.717, 1.165) is 19.0 Å². The van der Waals surface area contributed by atoms with Crippen LogP contribution in [0.5, 0.6) is 0 Å². The van der Waals surface area contributed by atoms with E-state index in [1.54, 1.807) is 0 Å². The molecule has 2 N–H and O–H groups in total. The summed E-state index contributed by atoms with van der Waals surface area (Å²) < 4.78 is 0. The van der Waals surface area contributed by atoms with Gasteiger partial charge in [-0.1, -0.05) is 0 Å². The summed E-state index contributed by atoms with van der Waals surface area (Å²) in [6, 6.07) is 0. The van der Waals surface area contributed by atoms with E-state index in [0.29, 0.717) is 0 Å². The Labute approximate surface area is 69.1 Å². The van der Waals surface area contributed by atoms with Crippen LogP contribution >= 0.6 is 0 Å². The van der Waals surface area contributed by atoms with Gasteiger partial charge in [-0.25, -0.2) is 0 Å². The molecule has 1 saturated heterocycles. The molecular weight excluding hydrogens is 138 g/mol. The van der Waals surface area contributed by atoms with Crippen molar-refractivity contribution in [3.63, 3.8) is 0 Å². The Morgan fingerprint density at radius 2 is 2.18 bits per heavy atom. The van der Waals surface area contributed by atoms with Gasteiger partial charge in [-0.2, -0.15) is 0 Å². The largest absolute Gasteiger partial charge is 0.316 e. The molecule has 1 fully saturated rings. The minimum absolute atomic E-state index is 0.886. The minimum Gasteiger partial charge on any atom is -0.316 e. The van der Waals surface area contributed by atoms with E-state index in [1.165, 1.54) is 19.6 Å². The van der Waals surface area contributed by atoms with Gasteiger partial charge in [-0.05, 0) is 20.0 Å². The molecule has 0 unspecified atom stereocenters. The second-order valence-electron chi connectivity index (χ2n) is 3.53. The van der Waals surface area contributed by atoms with Crippen LogP contribution in [0.15, 0.2) is 0 Å². The molecule has 0 radical (unpaired) electrons. The average Bonchev–Trinajstić information content (AvgIpc) is 1.82. The Bertz CT molecular complexity index is 99.5. The molecule has 0 atom stereocenters. The highest BCUT2D eigenvalue weighted by molar-refractivity contribution is 4.76. The van der Waals surface area contributed by atoms with Gasteiger partial charge in [0, 0.05) is 32.7 Å². The number of rotatable bonds is 5. The van der Waals surface area contributed by atoms with Crippen LogP contribution in [-0.4, -0.2) is 51.7 Å². The highest BCUT2D eigenvalue weighted by atomic mass is 15.1. The molecule has 0 aliphatic carbocycles. The normalized spacial score (nSPS) is 18.8. The van der Waals surface area contributed by atoms with Crippen molar-refractivity contribution in [2.24, 2.45) is 5.92 Å². The van der Waals surface area contributed by atoms with Gasteiger partial charge in [0.25, 0.3) is 0 Å². The molecule has 0 spiro atoms. The van der Waals surface area contributed by atoms with E-state index in [-0.39, 0.29) is 0 Å². The minimum atomic E-state index is 0.886. The first-order chi connectivity index (χ1) is 5.29. The monoisotopic (exact) mass is 157 g/mol. The molecule has 1 rings (SSSR count). The highest BCUT2D eigenvalue weighted by Crippen LogP contribution is 1.98. The molecular formula is C8H19N3. The van der Waals surface area contributed by atoms with E-state index < -0.39 is 0 Å². The lowest BCUT2D eigenvalue weighted by atomic mass is 10.0. The molecule has 1 aliphatic heterocycles. The number of likely N-dealkylation sites (N-methyl/N-ethyl adjacent to an activating group) is 1. The van der Waals surface area contributed by atoms with Crippen molar-refractivity contribution >= 4 is 0 Å². The molecule has 0 aromatic carbocycles. The lowest BCUT2D eigenvalue weighted by Crippen LogP contribution is -2.47. The van der Waals surface area contributed by atoms with Crippen molar-refractivity contribution in [2.75, 3.05) is 46.8 Å². The standard InChI is InChI=1S/C8H19N3/c1-11(2)4-3-9-5-8-6-10-7-8/h8-10H,3-7H2,1-2H3. The summed E-state index contributed by atoms with van der Waals surface area (Å²) >= 11 is 0. The van der Waals surface area contributed by atoms with Crippen molar-refractivity contribution < 1.29 is 0 Å². The molecule has 0 aromatic rings. The molecule has 3 heteroatoms. The van der Waals surface area contributed by atoms with Gasteiger partial charge in [0.2, 0.25) is 0 Å². The molecule has 11 heavy (non-hydrogen) atoms. The average molecular weight is 157 g/mol. The third kappa shape index (κ3) is 3.70. The first-order valence-electron chi connectivity index (χ1n) is 4.35. The van der Waals surface area contributed by atoms with Crippen molar-refractivity contribution in [1.29, 1.82) is 0 Å². The van der Waals surface area contributed by atoms with Crippen molar-refractivity contribution in [2.45, 2.75) is 0 Å². The zero-order valence-corrected chi connectivity index (χ0v) is 7.56. The summed E-state index contributed by atoms with van der Waals surface area (Å²) in [5, 5.41) is 6.70. The quantitative estimate of drug-likeness (QED) is 0.520. The Kier molecular flexibility index (Phi) is 3.83. The third-order valence-electron chi connectivity index (χ3n) is 2.03. The summed E-state index contributed by atoms with van der Waals surface area (Å²) in [4.78, 5) is 2.20. The maximum absolute atomic E-state index is 3.44. The van der Waals surface area contributed by atoms with Crippen molar-refractivity contribution in [3.8, 4) is 0 Å².